The van der Waals surface area contributed by atoms with Crippen molar-refractivity contribution in [1.29, 1.82) is 5.26 Å². The van der Waals surface area contributed by atoms with Crippen LogP contribution in [-0.4, -0.2) is 42.5 Å². The Morgan fingerprint density at radius 1 is 0.944 bits per heavy atom. The van der Waals surface area contributed by atoms with Crippen LogP contribution in [-0.2, 0) is 0 Å². The molecule has 0 aromatic rings. The second-order valence-corrected chi connectivity index (χ2v) is 5.37. The number of nitriles is 1. The lowest BCUT2D eigenvalue weighted by Gasteiger charge is -2.31. The van der Waals surface area contributed by atoms with Crippen molar-refractivity contribution in [2.45, 2.75) is 38.5 Å². The van der Waals surface area contributed by atoms with E-state index in [-0.39, 0.29) is 0 Å². The Morgan fingerprint density at radius 3 is 2.06 bits per heavy atom. The monoisotopic (exact) mass is 248 g/mol. The zero-order valence-corrected chi connectivity index (χ0v) is 11.2. The molecular formula is C14H24N4. The summed E-state index contributed by atoms with van der Waals surface area (Å²) in [6.07, 6.45) is 7.50. The normalized spacial score (nSPS) is 23.4. The molecular weight excluding hydrogens is 224 g/mol. The molecule has 4 heteroatoms. The SMILES string of the molecule is N#C/C(=C(/N)CN1CCCCC1)N1CCCCC1. The van der Waals surface area contributed by atoms with Gasteiger partial charge >= 0.3 is 0 Å². The van der Waals surface area contributed by atoms with E-state index in [9.17, 15) is 5.26 Å². The highest BCUT2D eigenvalue weighted by molar-refractivity contribution is 5.26. The molecule has 0 atom stereocenters. The van der Waals surface area contributed by atoms with E-state index in [0.717, 1.165) is 44.1 Å². The third-order valence-electron chi connectivity index (χ3n) is 3.92. The molecule has 0 aliphatic carbocycles. The number of hydrogen-bond acceptors (Lipinski definition) is 4. The van der Waals surface area contributed by atoms with Crippen LogP contribution in [0.4, 0.5) is 0 Å². The van der Waals surface area contributed by atoms with Crippen LogP contribution in [0.5, 0.6) is 0 Å². The van der Waals surface area contributed by atoms with Gasteiger partial charge in [-0.2, -0.15) is 5.26 Å². The molecule has 0 aromatic carbocycles. The number of likely N-dealkylation sites (tertiary alicyclic amines) is 2. The first-order valence-electron chi connectivity index (χ1n) is 7.17. The zero-order valence-electron chi connectivity index (χ0n) is 11.2. The van der Waals surface area contributed by atoms with E-state index < -0.39 is 0 Å². The summed E-state index contributed by atoms with van der Waals surface area (Å²) < 4.78 is 0. The van der Waals surface area contributed by atoms with Gasteiger partial charge in [0.2, 0.25) is 0 Å². The molecule has 2 heterocycles. The highest BCUT2D eigenvalue weighted by atomic mass is 15.2. The van der Waals surface area contributed by atoms with Crippen LogP contribution in [0.25, 0.3) is 0 Å². The molecule has 0 unspecified atom stereocenters. The summed E-state index contributed by atoms with van der Waals surface area (Å²) >= 11 is 0. The third kappa shape index (κ3) is 3.39. The fourth-order valence-corrected chi connectivity index (χ4v) is 2.90. The fraction of sp³-hybridized carbons (Fsp3) is 0.786. The maximum absolute atomic E-state index is 9.33. The van der Waals surface area contributed by atoms with Gasteiger partial charge in [0.05, 0.1) is 5.70 Å². The van der Waals surface area contributed by atoms with Crippen LogP contribution in [0.1, 0.15) is 38.5 Å². The number of piperidine rings is 2. The topological polar surface area (TPSA) is 56.3 Å². The number of allylic oxidation sites excluding steroid dienone is 1. The Kier molecular flexibility index (Phi) is 4.89. The summed E-state index contributed by atoms with van der Waals surface area (Å²) in [7, 11) is 0. The van der Waals surface area contributed by atoms with Crippen LogP contribution in [0.2, 0.25) is 0 Å². The Bertz CT molecular complexity index is 330. The minimum Gasteiger partial charge on any atom is -0.399 e. The number of rotatable bonds is 3. The Labute approximate surface area is 110 Å². The lowest BCUT2D eigenvalue weighted by atomic mass is 10.1. The maximum Gasteiger partial charge on any atom is 0.136 e. The third-order valence-corrected chi connectivity index (χ3v) is 3.92. The number of hydrogen-bond donors (Lipinski definition) is 1. The van der Waals surface area contributed by atoms with Gasteiger partial charge in [0.1, 0.15) is 11.8 Å². The Hall–Kier alpha value is -1.21. The van der Waals surface area contributed by atoms with Crippen molar-refractivity contribution in [3.05, 3.63) is 11.4 Å². The van der Waals surface area contributed by atoms with E-state index in [0.29, 0.717) is 0 Å². The molecule has 0 aromatic heterocycles. The molecule has 2 rings (SSSR count). The van der Waals surface area contributed by atoms with Gasteiger partial charge in [0.25, 0.3) is 0 Å². The first-order valence-corrected chi connectivity index (χ1v) is 7.17. The van der Waals surface area contributed by atoms with E-state index in [2.05, 4.69) is 15.9 Å². The van der Waals surface area contributed by atoms with Crippen molar-refractivity contribution in [2.75, 3.05) is 32.7 Å². The van der Waals surface area contributed by atoms with Crippen LogP contribution in [0.15, 0.2) is 11.4 Å². The summed E-state index contributed by atoms with van der Waals surface area (Å²) in [6, 6.07) is 2.32. The highest BCUT2D eigenvalue weighted by Crippen LogP contribution is 2.17. The number of nitrogens with zero attached hydrogens (tertiary/aromatic N) is 3. The molecule has 0 amide bonds. The van der Waals surface area contributed by atoms with Crippen molar-refractivity contribution in [1.82, 2.24) is 9.80 Å². The molecule has 0 saturated carbocycles. The summed E-state index contributed by atoms with van der Waals surface area (Å²) in [5.41, 5.74) is 7.65. The van der Waals surface area contributed by atoms with Crippen molar-refractivity contribution in [3.63, 3.8) is 0 Å². The lowest BCUT2D eigenvalue weighted by Crippen LogP contribution is -2.36. The Balaban J connectivity index is 1.98. The van der Waals surface area contributed by atoms with Crippen LogP contribution >= 0.6 is 0 Å². The van der Waals surface area contributed by atoms with E-state index in [1.807, 2.05) is 0 Å². The standard InChI is InChI=1S/C14H24N4/c15-11-14(18-9-5-2-6-10-18)13(16)12-17-7-3-1-4-8-17/h1-10,12,16H2/b14-13-. The molecule has 4 nitrogen and oxygen atoms in total. The summed E-state index contributed by atoms with van der Waals surface area (Å²) in [5, 5.41) is 9.33. The predicted octanol–water partition coefficient (Wildman–Crippen LogP) is 1.65. The van der Waals surface area contributed by atoms with Crippen molar-refractivity contribution < 1.29 is 0 Å². The van der Waals surface area contributed by atoms with Crippen LogP contribution in [0.3, 0.4) is 0 Å². The van der Waals surface area contributed by atoms with E-state index in [4.69, 9.17) is 5.73 Å². The van der Waals surface area contributed by atoms with Crippen LogP contribution in [0, 0.1) is 11.3 Å². The smallest absolute Gasteiger partial charge is 0.136 e. The maximum atomic E-state index is 9.33. The lowest BCUT2D eigenvalue weighted by molar-refractivity contribution is 0.239. The quantitative estimate of drug-likeness (QED) is 0.772. The van der Waals surface area contributed by atoms with Gasteiger partial charge in [-0.15, -0.1) is 0 Å². The van der Waals surface area contributed by atoms with Crippen molar-refractivity contribution >= 4 is 0 Å². The molecule has 0 radical (unpaired) electrons. The van der Waals surface area contributed by atoms with Gasteiger partial charge in [0.15, 0.2) is 0 Å². The highest BCUT2D eigenvalue weighted by Gasteiger charge is 2.18. The average molecular weight is 248 g/mol. The van der Waals surface area contributed by atoms with Gasteiger partial charge in [0, 0.05) is 19.6 Å². The molecule has 2 aliphatic heterocycles. The van der Waals surface area contributed by atoms with Crippen molar-refractivity contribution in [3.8, 4) is 6.07 Å². The second-order valence-electron chi connectivity index (χ2n) is 5.37. The first kappa shape index (κ1) is 13.2. The molecule has 18 heavy (non-hydrogen) atoms. The molecule has 2 saturated heterocycles. The molecule has 2 fully saturated rings. The summed E-state index contributed by atoms with van der Waals surface area (Å²) in [6.45, 7) is 4.99. The zero-order chi connectivity index (χ0) is 12.8. The molecule has 100 valence electrons. The summed E-state index contributed by atoms with van der Waals surface area (Å²) in [5.74, 6) is 0. The molecule has 0 spiro atoms. The van der Waals surface area contributed by atoms with Crippen LogP contribution < -0.4 is 5.73 Å². The second kappa shape index (κ2) is 6.65. The first-order chi connectivity index (χ1) is 8.81. The van der Waals surface area contributed by atoms with E-state index in [1.54, 1.807) is 0 Å². The van der Waals surface area contributed by atoms with E-state index >= 15 is 0 Å². The van der Waals surface area contributed by atoms with Gasteiger partial charge in [-0.05, 0) is 45.2 Å². The molecule has 2 N–H and O–H groups in total. The van der Waals surface area contributed by atoms with Crippen molar-refractivity contribution in [2.24, 2.45) is 5.73 Å². The van der Waals surface area contributed by atoms with Gasteiger partial charge in [-0.3, -0.25) is 4.90 Å². The molecule has 0 bridgehead atoms. The fourth-order valence-electron chi connectivity index (χ4n) is 2.90. The number of nitrogens with two attached hydrogens (primary N) is 1. The minimum atomic E-state index is 0.722. The van der Waals surface area contributed by atoms with E-state index in [1.165, 1.54) is 38.5 Å². The Morgan fingerprint density at radius 2 is 1.50 bits per heavy atom. The average Bonchev–Trinajstić information content (AvgIpc) is 2.42. The van der Waals surface area contributed by atoms with Gasteiger partial charge in [-0.25, -0.2) is 0 Å². The molecule has 2 aliphatic rings. The summed E-state index contributed by atoms with van der Waals surface area (Å²) in [4.78, 5) is 4.54. The minimum absolute atomic E-state index is 0.722. The largest absolute Gasteiger partial charge is 0.399 e. The predicted molar refractivity (Wildman–Crippen MR) is 72.5 cm³/mol. The van der Waals surface area contributed by atoms with Gasteiger partial charge in [-0.1, -0.05) is 6.42 Å². The van der Waals surface area contributed by atoms with Gasteiger partial charge < -0.3 is 10.6 Å².